The lowest BCUT2D eigenvalue weighted by molar-refractivity contribution is 1.17. The van der Waals surface area contributed by atoms with E-state index in [4.69, 9.17) is 0 Å². The lowest BCUT2D eigenvalue weighted by atomic mass is 9.93. The quantitative estimate of drug-likeness (QED) is 0.674. The van der Waals surface area contributed by atoms with Crippen molar-refractivity contribution < 1.29 is 0 Å². The average molecular weight is 274 g/mol. The molecule has 0 saturated heterocycles. The molecule has 0 aliphatic carbocycles. The molecule has 3 rings (SSSR count). The maximum Gasteiger partial charge on any atom is 0.159 e. The third-order valence-electron chi connectivity index (χ3n) is 3.59. The molecule has 0 atom stereocenters. The van der Waals surface area contributed by atoms with Crippen LogP contribution in [0, 0.1) is 20.8 Å². The highest BCUT2D eigenvalue weighted by molar-refractivity contribution is 5.83. The third-order valence-corrected chi connectivity index (χ3v) is 3.59. The van der Waals surface area contributed by atoms with E-state index in [0.717, 1.165) is 11.4 Å². The number of aromatic nitrogens is 2. The van der Waals surface area contributed by atoms with E-state index in [9.17, 15) is 0 Å². The summed E-state index contributed by atoms with van der Waals surface area (Å²) >= 11 is 0. The fourth-order valence-corrected chi connectivity index (χ4v) is 2.76. The van der Waals surface area contributed by atoms with Crippen molar-refractivity contribution in [2.24, 2.45) is 0 Å². The van der Waals surface area contributed by atoms with Gasteiger partial charge in [-0.25, -0.2) is 9.97 Å². The number of hydrogen-bond acceptors (Lipinski definition) is 2. The zero-order valence-electron chi connectivity index (χ0n) is 12.6. The van der Waals surface area contributed by atoms with Crippen LogP contribution in [0.25, 0.3) is 22.5 Å². The van der Waals surface area contributed by atoms with E-state index in [1.54, 1.807) is 12.4 Å². The SMILES string of the molecule is Cc1cc(C)cc(-c2cccc(C)c2-c2ncccn2)c1. The van der Waals surface area contributed by atoms with Crippen LogP contribution in [0.4, 0.5) is 0 Å². The molecule has 0 unspecified atom stereocenters. The normalized spacial score (nSPS) is 10.6. The molecule has 0 aliphatic heterocycles. The van der Waals surface area contributed by atoms with Crippen LogP contribution in [-0.2, 0) is 0 Å². The summed E-state index contributed by atoms with van der Waals surface area (Å²) in [5, 5.41) is 0. The zero-order chi connectivity index (χ0) is 14.8. The van der Waals surface area contributed by atoms with E-state index in [1.807, 2.05) is 6.07 Å². The van der Waals surface area contributed by atoms with Gasteiger partial charge in [0.25, 0.3) is 0 Å². The summed E-state index contributed by atoms with van der Waals surface area (Å²) in [5.74, 6) is 0.782. The topological polar surface area (TPSA) is 25.8 Å². The first-order valence-corrected chi connectivity index (χ1v) is 7.11. The first kappa shape index (κ1) is 13.5. The van der Waals surface area contributed by atoms with Crippen LogP contribution in [0.5, 0.6) is 0 Å². The van der Waals surface area contributed by atoms with Gasteiger partial charge >= 0.3 is 0 Å². The second-order valence-electron chi connectivity index (χ2n) is 5.45. The Kier molecular flexibility index (Phi) is 3.53. The summed E-state index contributed by atoms with van der Waals surface area (Å²) in [6, 6.07) is 14.8. The van der Waals surface area contributed by atoms with Crippen molar-refractivity contribution in [3.05, 3.63) is 71.5 Å². The molecule has 0 aliphatic rings. The largest absolute Gasteiger partial charge is 0.237 e. The lowest BCUT2D eigenvalue weighted by Crippen LogP contribution is -1.94. The van der Waals surface area contributed by atoms with Crippen LogP contribution >= 0.6 is 0 Å². The Bertz CT molecular complexity index is 757. The maximum absolute atomic E-state index is 4.43. The van der Waals surface area contributed by atoms with E-state index in [2.05, 4.69) is 67.1 Å². The third kappa shape index (κ3) is 2.70. The van der Waals surface area contributed by atoms with Gasteiger partial charge in [-0.1, -0.05) is 47.5 Å². The molecule has 0 amide bonds. The first-order chi connectivity index (χ1) is 10.1. The van der Waals surface area contributed by atoms with E-state index >= 15 is 0 Å². The Morgan fingerprint density at radius 2 is 1.43 bits per heavy atom. The molecule has 2 nitrogen and oxygen atoms in total. The van der Waals surface area contributed by atoms with Gasteiger partial charge in [-0.2, -0.15) is 0 Å². The lowest BCUT2D eigenvalue weighted by Gasteiger charge is -2.13. The summed E-state index contributed by atoms with van der Waals surface area (Å²) in [5.41, 5.74) is 7.26. The van der Waals surface area contributed by atoms with E-state index in [1.165, 1.54) is 27.8 Å². The van der Waals surface area contributed by atoms with E-state index in [0.29, 0.717) is 0 Å². The van der Waals surface area contributed by atoms with Crippen LogP contribution in [0.1, 0.15) is 16.7 Å². The molecule has 1 heterocycles. The minimum absolute atomic E-state index is 0.782. The molecule has 0 spiro atoms. The Morgan fingerprint density at radius 3 is 2.10 bits per heavy atom. The molecule has 0 saturated carbocycles. The summed E-state index contributed by atoms with van der Waals surface area (Å²) < 4.78 is 0. The summed E-state index contributed by atoms with van der Waals surface area (Å²) in [6.07, 6.45) is 3.58. The minimum Gasteiger partial charge on any atom is -0.237 e. The molecule has 0 radical (unpaired) electrons. The van der Waals surface area contributed by atoms with Gasteiger partial charge < -0.3 is 0 Å². The van der Waals surface area contributed by atoms with E-state index < -0.39 is 0 Å². The van der Waals surface area contributed by atoms with Crippen molar-refractivity contribution in [3.8, 4) is 22.5 Å². The number of rotatable bonds is 2. The first-order valence-electron chi connectivity index (χ1n) is 7.11. The Balaban J connectivity index is 2.26. The van der Waals surface area contributed by atoms with Crippen LogP contribution in [-0.4, -0.2) is 9.97 Å². The van der Waals surface area contributed by atoms with Crippen molar-refractivity contribution in [1.82, 2.24) is 9.97 Å². The van der Waals surface area contributed by atoms with Crippen LogP contribution in [0.2, 0.25) is 0 Å². The van der Waals surface area contributed by atoms with Crippen molar-refractivity contribution in [2.75, 3.05) is 0 Å². The highest BCUT2D eigenvalue weighted by atomic mass is 14.9. The van der Waals surface area contributed by atoms with Gasteiger partial charge in [0, 0.05) is 18.0 Å². The second kappa shape index (κ2) is 5.49. The predicted octanol–water partition coefficient (Wildman–Crippen LogP) is 4.74. The number of aryl methyl sites for hydroxylation is 3. The van der Waals surface area contributed by atoms with Crippen molar-refractivity contribution >= 4 is 0 Å². The Hall–Kier alpha value is -2.48. The van der Waals surface area contributed by atoms with Crippen LogP contribution in [0.3, 0.4) is 0 Å². The summed E-state index contributed by atoms with van der Waals surface area (Å²) in [7, 11) is 0. The molecule has 0 fully saturated rings. The molecule has 3 aromatic rings. The second-order valence-corrected chi connectivity index (χ2v) is 5.45. The standard InChI is InChI=1S/C19H18N2/c1-13-10-14(2)12-16(11-13)17-7-4-6-15(3)18(17)19-20-8-5-9-21-19/h4-12H,1-3H3. The van der Waals surface area contributed by atoms with Crippen LogP contribution < -0.4 is 0 Å². The molecule has 104 valence electrons. The highest BCUT2D eigenvalue weighted by Gasteiger charge is 2.12. The fourth-order valence-electron chi connectivity index (χ4n) is 2.76. The van der Waals surface area contributed by atoms with Crippen molar-refractivity contribution in [1.29, 1.82) is 0 Å². The summed E-state index contributed by atoms with van der Waals surface area (Å²) in [4.78, 5) is 8.86. The minimum atomic E-state index is 0.782. The molecular formula is C19H18N2. The van der Waals surface area contributed by atoms with Gasteiger partial charge in [0.15, 0.2) is 5.82 Å². The monoisotopic (exact) mass is 274 g/mol. The Labute approximate surface area is 125 Å². The fraction of sp³-hybridized carbons (Fsp3) is 0.158. The molecule has 0 bridgehead atoms. The van der Waals surface area contributed by atoms with E-state index in [-0.39, 0.29) is 0 Å². The maximum atomic E-state index is 4.43. The van der Waals surface area contributed by atoms with Crippen LogP contribution in [0.15, 0.2) is 54.9 Å². The van der Waals surface area contributed by atoms with Gasteiger partial charge in [-0.05, 0) is 43.5 Å². The summed E-state index contributed by atoms with van der Waals surface area (Å²) in [6.45, 7) is 6.37. The number of hydrogen-bond donors (Lipinski definition) is 0. The van der Waals surface area contributed by atoms with Gasteiger partial charge in [0.05, 0.1) is 0 Å². The Morgan fingerprint density at radius 1 is 0.762 bits per heavy atom. The average Bonchev–Trinajstić information content (AvgIpc) is 2.47. The molecule has 21 heavy (non-hydrogen) atoms. The molecular weight excluding hydrogens is 256 g/mol. The number of benzene rings is 2. The predicted molar refractivity (Wildman–Crippen MR) is 87.1 cm³/mol. The van der Waals surface area contributed by atoms with Gasteiger partial charge in [0.1, 0.15) is 0 Å². The molecule has 2 aromatic carbocycles. The smallest absolute Gasteiger partial charge is 0.159 e. The molecule has 1 aromatic heterocycles. The van der Waals surface area contributed by atoms with Crippen molar-refractivity contribution in [3.63, 3.8) is 0 Å². The zero-order valence-corrected chi connectivity index (χ0v) is 12.6. The molecule has 2 heteroatoms. The highest BCUT2D eigenvalue weighted by Crippen LogP contribution is 2.33. The number of nitrogens with zero attached hydrogens (tertiary/aromatic N) is 2. The van der Waals surface area contributed by atoms with Crippen molar-refractivity contribution in [2.45, 2.75) is 20.8 Å². The van der Waals surface area contributed by atoms with Gasteiger partial charge in [0.2, 0.25) is 0 Å². The van der Waals surface area contributed by atoms with Gasteiger partial charge in [-0.15, -0.1) is 0 Å². The van der Waals surface area contributed by atoms with Gasteiger partial charge in [-0.3, -0.25) is 0 Å². The molecule has 0 N–H and O–H groups in total.